The van der Waals surface area contributed by atoms with E-state index in [0.29, 0.717) is 19.3 Å². The summed E-state index contributed by atoms with van der Waals surface area (Å²) in [4.78, 5) is 43.4. The Morgan fingerprint density at radius 1 is 0.878 bits per heavy atom. The molecule has 13 nitrogen and oxygen atoms in total. The van der Waals surface area contributed by atoms with E-state index in [-0.39, 0.29) is 29.8 Å². The molecule has 0 aliphatic heterocycles. The van der Waals surface area contributed by atoms with Gasteiger partial charge in [0.25, 0.3) is 16.0 Å². The minimum atomic E-state index is -4.02. The zero-order valence-electron chi connectivity index (χ0n) is 27.8. The number of benzene rings is 3. The summed E-state index contributed by atoms with van der Waals surface area (Å²) >= 11 is 0. The van der Waals surface area contributed by atoms with Crippen LogP contribution in [0.2, 0.25) is 0 Å². The molecule has 0 unspecified atom stereocenters. The Morgan fingerprint density at radius 3 is 2.02 bits per heavy atom. The normalized spacial score (nSPS) is 12.3. The molecular formula is C35H44N6O7S. The van der Waals surface area contributed by atoms with Crippen LogP contribution in [-0.4, -0.2) is 55.7 Å². The van der Waals surface area contributed by atoms with Crippen molar-refractivity contribution in [1.82, 2.24) is 30.7 Å². The highest BCUT2D eigenvalue weighted by molar-refractivity contribution is 7.85. The molecule has 0 spiro atoms. The molecule has 4 N–H and O–H groups in total. The van der Waals surface area contributed by atoms with Crippen molar-refractivity contribution in [1.29, 1.82) is 0 Å². The second kappa shape index (κ2) is 19.2. The van der Waals surface area contributed by atoms with E-state index in [1.807, 2.05) is 81.4 Å². The quantitative estimate of drug-likeness (QED) is 0.0846. The lowest BCUT2D eigenvalue weighted by Gasteiger charge is -2.30. The van der Waals surface area contributed by atoms with Crippen molar-refractivity contribution in [2.45, 2.75) is 64.4 Å². The average molecular weight is 693 g/mol. The van der Waals surface area contributed by atoms with Crippen molar-refractivity contribution >= 4 is 27.8 Å². The summed E-state index contributed by atoms with van der Waals surface area (Å²) in [5, 5.41) is 14.7. The van der Waals surface area contributed by atoms with Crippen LogP contribution in [-0.2, 0) is 44.0 Å². The van der Waals surface area contributed by atoms with Crippen molar-refractivity contribution in [3.05, 3.63) is 114 Å². The Labute approximate surface area is 287 Å². The van der Waals surface area contributed by atoms with Crippen LogP contribution in [0.25, 0.3) is 0 Å². The predicted molar refractivity (Wildman–Crippen MR) is 182 cm³/mol. The van der Waals surface area contributed by atoms with Crippen molar-refractivity contribution in [3.63, 3.8) is 0 Å². The average Bonchev–Trinajstić information content (AvgIpc) is 3.59. The van der Waals surface area contributed by atoms with Gasteiger partial charge in [-0.1, -0.05) is 92.2 Å². The van der Waals surface area contributed by atoms with Crippen LogP contribution in [0.1, 0.15) is 49.8 Å². The fraction of sp³-hybridized carbons (Fsp3) is 0.343. The Morgan fingerprint density at radius 2 is 1.49 bits per heavy atom. The molecule has 0 bridgehead atoms. The first kappa shape index (κ1) is 38.5. The van der Waals surface area contributed by atoms with E-state index in [2.05, 4.69) is 15.5 Å². The SMILES string of the molecule is CC(C)C[C@@H](C(=O)NN(Cc1ccccc1)C(=O)Cn1cncn1)[C@H](CCCc1ccccc1)C(=O)NO.Cc1ccc(S(=O)(=O)O)cc1. The second-order valence-electron chi connectivity index (χ2n) is 12.0. The molecule has 49 heavy (non-hydrogen) atoms. The van der Waals surface area contributed by atoms with Gasteiger partial charge in [-0.15, -0.1) is 0 Å². The van der Waals surface area contributed by atoms with Gasteiger partial charge >= 0.3 is 0 Å². The highest BCUT2D eigenvalue weighted by atomic mass is 32.2. The maximum atomic E-state index is 13.7. The van der Waals surface area contributed by atoms with E-state index in [9.17, 15) is 28.0 Å². The van der Waals surface area contributed by atoms with Crippen LogP contribution in [0.3, 0.4) is 0 Å². The van der Waals surface area contributed by atoms with Crippen LogP contribution < -0.4 is 10.9 Å². The van der Waals surface area contributed by atoms with Crippen LogP contribution in [0, 0.1) is 24.7 Å². The number of aryl methyl sites for hydroxylation is 2. The van der Waals surface area contributed by atoms with Gasteiger partial charge in [0.05, 0.1) is 23.3 Å². The summed E-state index contributed by atoms with van der Waals surface area (Å²) in [6.45, 7) is 5.80. The topological polar surface area (TPSA) is 184 Å². The molecule has 1 aromatic heterocycles. The van der Waals surface area contributed by atoms with Gasteiger partial charge in [0.2, 0.25) is 11.8 Å². The van der Waals surface area contributed by atoms with E-state index < -0.39 is 33.8 Å². The smallest absolute Gasteiger partial charge is 0.289 e. The number of hydroxylamine groups is 1. The molecule has 0 fully saturated rings. The maximum Gasteiger partial charge on any atom is 0.294 e. The molecule has 3 amide bonds. The number of rotatable bonds is 14. The van der Waals surface area contributed by atoms with Gasteiger partial charge in [-0.05, 0) is 61.8 Å². The summed E-state index contributed by atoms with van der Waals surface area (Å²) < 4.78 is 30.9. The van der Waals surface area contributed by atoms with Gasteiger partial charge < -0.3 is 0 Å². The minimum Gasteiger partial charge on any atom is -0.289 e. The van der Waals surface area contributed by atoms with E-state index in [4.69, 9.17) is 4.55 Å². The molecule has 262 valence electrons. The molecule has 4 rings (SSSR count). The molecule has 0 radical (unpaired) electrons. The first-order valence-corrected chi connectivity index (χ1v) is 17.3. The monoisotopic (exact) mass is 692 g/mol. The molecule has 14 heteroatoms. The summed E-state index contributed by atoms with van der Waals surface area (Å²) in [5.74, 6) is -2.87. The third-order valence-corrected chi connectivity index (χ3v) is 8.50. The lowest BCUT2D eigenvalue weighted by molar-refractivity contribution is -0.148. The Bertz CT molecular complexity index is 1700. The van der Waals surface area contributed by atoms with Gasteiger partial charge in [0.15, 0.2) is 0 Å². The van der Waals surface area contributed by atoms with Crippen molar-refractivity contribution < 1.29 is 32.6 Å². The van der Waals surface area contributed by atoms with Crippen LogP contribution >= 0.6 is 0 Å². The summed E-state index contributed by atoms with van der Waals surface area (Å²) in [5.41, 5.74) is 7.44. The largest absolute Gasteiger partial charge is 0.294 e. The number of hydrogen-bond acceptors (Lipinski definition) is 8. The van der Waals surface area contributed by atoms with E-state index >= 15 is 0 Å². The van der Waals surface area contributed by atoms with Crippen LogP contribution in [0.4, 0.5) is 0 Å². The van der Waals surface area contributed by atoms with Gasteiger partial charge in [-0.2, -0.15) is 13.5 Å². The second-order valence-corrected chi connectivity index (χ2v) is 13.4. The molecule has 1 heterocycles. The number of nitrogens with one attached hydrogen (secondary N) is 2. The zero-order valence-corrected chi connectivity index (χ0v) is 28.7. The molecule has 4 aromatic rings. The van der Waals surface area contributed by atoms with E-state index in [0.717, 1.165) is 23.1 Å². The number of carbonyl (C=O) groups is 3. The molecule has 3 aromatic carbocycles. The standard InChI is InChI=1S/C28H36N6O4.C7H8O3S/c1-21(2)16-25(24(28(37)32-38)15-9-14-22-10-5-3-6-11-22)27(36)31-34(17-23-12-7-4-8-13-23)26(35)18-33-20-29-19-30-33;1-6-2-4-7(5-3-6)11(8,9)10/h3-8,10-13,19-21,24-25,38H,9,14-18H2,1-2H3,(H,31,36)(H,32,37);2-5H,1H3,(H,8,9,10)/t24-,25+;/m0./s1. The highest BCUT2D eigenvalue weighted by Gasteiger charge is 2.35. The predicted octanol–water partition coefficient (Wildman–Crippen LogP) is 4.39. The minimum absolute atomic E-state index is 0.0666. The molecule has 0 saturated carbocycles. The van der Waals surface area contributed by atoms with Crippen molar-refractivity contribution in [2.75, 3.05) is 0 Å². The van der Waals surface area contributed by atoms with Gasteiger partial charge in [-0.3, -0.25) is 29.6 Å². The number of nitrogens with zero attached hydrogens (tertiary/aromatic N) is 4. The lowest BCUT2D eigenvalue weighted by atomic mass is 9.81. The number of hydrogen-bond donors (Lipinski definition) is 4. The molecule has 0 aliphatic rings. The third kappa shape index (κ3) is 13.2. The summed E-state index contributed by atoms with van der Waals surface area (Å²) in [6.07, 6.45) is 4.96. The molecule has 0 aliphatic carbocycles. The van der Waals surface area contributed by atoms with Crippen LogP contribution in [0.15, 0.2) is 102 Å². The molecule has 2 atom stereocenters. The number of hydrazine groups is 1. The fourth-order valence-electron chi connectivity index (χ4n) is 5.15. The Kier molecular flexibility index (Phi) is 15.1. The van der Waals surface area contributed by atoms with Gasteiger partial charge in [0, 0.05) is 0 Å². The van der Waals surface area contributed by atoms with Crippen LogP contribution in [0.5, 0.6) is 0 Å². The number of aromatic nitrogens is 3. The summed E-state index contributed by atoms with van der Waals surface area (Å²) in [6, 6.07) is 25.2. The van der Waals surface area contributed by atoms with Crippen molar-refractivity contribution in [2.24, 2.45) is 17.8 Å². The Balaban J connectivity index is 0.000000501. The number of carbonyl (C=O) groups excluding carboxylic acids is 3. The van der Waals surface area contributed by atoms with Gasteiger partial charge in [-0.25, -0.2) is 20.2 Å². The third-order valence-electron chi connectivity index (χ3n) is 7.63. The fourth-order valence-corrected chi connectivity index (χ4v) is 5.63. The maximum absolute atomic E-state index is 13.7. The highest BCUT2D eigenvalue weighted by Crippen LogP contribution is 2.27. The zero-order chi connectivity index (χ0) is 35.8. The van der Waals surface area contributed by atoms with E-state index in [1.54, 1.807) is 17.6 Å². The lowest BCUT2D eigenvalue weighted by Crippen LogP contribution is -2.51. The number of amides is 3. The van der Waals surface area contributed by atoms with E-state index in [1.165, 1.54) is 34.5 Å². The molecule has 0 saturated heterocycles. The van der Waals surface area contributed by atoms with Crippen molar-refractivity contribution in [3.8, 4) is 0 Å². The Hall–Kier alpha value is -4.92. The van der Waals surface area contributed by atoms with Gasteiger partial charge in [0.1, 0.15) is 19.2 Å². The first-order chi connectivity index (χ1) is 23.4. The first-order valence-electron chi connectivity index (χ1n) is 15.9. The summed E-state index contributed by atoms with van der Waals surface area (Å²) in [7, 11) is -4.02. The molecular weight excluding hydrogens is 648 g/mol.